The molecule has 0 aliphatic carbocycles. The maximum Gasteiger partial charge on any atom is 0.258 e. The number of nitrogens with zero attached hydrogens (tertiary/aromatic N) is 1. The third-order valence-electron chi connectivity index (χ3n) is 5.79. The molecule has 0 bridgehead atoms. The van der Waals surface area contributed by atoms with Crippen LogP contribution in [-0.4, -0.2) is 63.2 Å². The third-order valence-corrected chi connectivity index (χ3v) is 5.79. The first kappa shape index (κ1) is 39.2. The number of amides is 1. The predicted molar refractivity (Wildman–Crippen MR) is 171 cm³/mol. The van der Waals surface area contributed by atoms with Gasteiger partial charge in [-0.3, -0.25) is 4.79 Å². The van der Waals surface area contributed by atoms with Crippen molar-refractivity contribution in [1.29, 1.82) is 0 Å². The van der Waals surface area contributed by atoms with Gasteiger partial charge in [-0.05, 0) is 74.6 Å². The molecule has 1 unspecified atom stereocenters. The molecule has 1 fully saturated rings. The van der Waals surface area contributed by atoms with Gasteiger partial charge in [-0.1, -0.05) is 55.6 Å². The largest absolute Gasteiger partial charge is 0.484 e. The van der Waals surface area contributed by atoms with Crippen LogP contribution in [0.3, 0.4) is 0 Å². The Labute approximate surface area is 255 Å². The van der Waals surface area contributed by atoms with Crippen LogP contribution in [0, 0.1) is 11.7 Å². The van der Waals surface area contributed by atoms with Crippen molar-refractivity contribution in [3.8, 4) is 0 Å². The van der Waals surface area contributed by atoms with E-state index in [0.717, 1.165) is 38.6 Å². The summed E-state index contributed by atoms with van der Waals surface area (Å²) in [4.78, 5) is 13.6. The summed E-state index contributed by atoms with van der Waals surface area (Å²) >= 11 is 0. The topological polar surface area (TPSA) is 91.3 Å². The van der Waals surface area contributed by atoms with Crippen molar-refractivity contribution >= 4 is 11.6 Å². The normalized spacial score (nSPS) is 13.1. The number of hydrogen-bond acceptors (Lipinski definition) is 6. The lowest BCUT2D eigenvalue weighted by molar-refractivity contribution is -0.124. The molecule has 9 heteroatoms. The maximum absolute atomic E-state index is 12.8. The Morgan fingerprint density at radius 2 is 1.77 bits per heavy atom. The van der Waals surface area contributed by atoms with Gasteiger partial charge in [-0.15, -0.1) is 0 Å². The second-order valence-corrected chi connectivity index (χ2v) is 9.36. The first-order chi connectivity index (χ1) is 20.7. The summed E-state index contributed by atoms with van der Waals surface area (Å²) in [5, 5.41) is 19.8. The summed E-state index contributed by atoms with van der Waals surface area (Å²) in [6.07, 6.45) is 8.15. The predicted octanol–water partition coefficient (Wildman–Crippen LogP) is 6.29. The smallest absolute Gasteiger partial charge is 0.258 e. The minimum absolute atomic E-state index is 0.00622. The monoisotopic (exact) mass is 602 g/mol. The van der Waals surface area contributed by atoms with Crippen LogP contribution in [-0.2, 0) is 14.3 Å². The van der Waals surface area contributed by atoms with E-state index in [9.17, 15) is 18.7 Å². The number of aliphatic hydroxyl groups excluding tert-OH is 2. The molecule has 1 saturated heterocycles. The molecule has 1 aliphatic rings. The van der Waals surface area contributed by atoms with E-state index in [1.54, 1.807) is 37.5 Å². The molecule has 0 aromatic heterocycles. The summed E-state index contributed by atoms with van der Waals surface area (Å²) in [7, 11) is 2.58. The molecule has 3 N–H and O–H groups in total. The first-order valence-corrected chi connectivity index (χ1v) is 14.0. The number of allylic oxidation sites excluding steroid dienone is 5. The number of aliphatic hydroxyl groups is 2. The van der Waals surface area contributed by atoms with E-state index in [1.165, 1.54) is 24.7 Å². The number of nitrogens with one attached hydrogen (secondary N) is 1. The molecule has 43 heavy (non-hydrogen) atoms. The average molecular weight is 603 g/mol. The van der Waals surface area contributed by atoms with Crippen molar-refractivity contribution in [3.63, 3.8) is 0 Å². The summed E-state index contributed by atoms with van der Waals surface area (Å²) in [5.41, 5.74) is 2.07. The highest BCUT2D eigenvalue weighted by Gasteiger charge is 2.27. The van der Waals surface area contributed by atoms with Gasteiger partial charge in [-0.2, -0.15) is 0 Å². The highest BCUT2D eigenvalue weighted by molar-refractivity contribution is 5.77. The summed E-state index contributed by atoms with van der Waals surface area (Å²) in [6, 6.07) is 16.5. The number of hydrogen-bond donors (Lipinski definition) is 3. The van der Waals surface area contributed by atoms with Gasteiger partial charge in [0, 0.05) is 39.5 Å². The van der Waals surface area contributed by atoms with Gasteiger partial charge in [-0.25, -0.2) is 8.78 Å². The van der Waals surface area contributed by atoms with Crippen molar-refractivity contribution < 1.29 is 33.3 Å². The lowest BCUT2D eigenvalue weighted by Crippen LogP contribution is -2.46. The molecule has 1 aliphatic heterocycles. The quantitative estimate of drug-likeness (QED) is 0.142. The van der Waals surface area contributed by atoms with E-state index in [2.05, 4.69) is 47.6 Å². The SMILES string of the molecule is C=C(C)F.C=C/C=C(\C=C/C)OCC(=O)NCCOC.CO.OC(CCC1CN(c2ccccc2)C1)c1ccc(F)cc1. The maximum atomic E-state index is 12.8. The van der Waals surface area contributed by atoms with E-state index in [0.29, 0.717) is 24.8 Å². The van der Waals surface area contributed by atoms with Crippen LogP contribution < -0.4 is 10.2 Å². The lowest BCUT2D eigenvalue weighted by Gasteiger charge is -2.41. The molecular formula is C34H48F2N2O5. The van der Waals surface area contributed by atoms with Crippen LogP contribution in [0.15, 0.2) is 104 Å². The van der Waals surface area contributed by atoms with Gasteiger partial charge in [0.2, 0.25) is 0 Å². The van der Waals surface area contributed by atoms with Crippen LogP contribution in [0.1, 0.15) is 38.4 Å². The second-order valence-electron chi connectivity index (χ2n) is 9.36. The number of ether oxygens (including phenoxy) is 2. The Morgan fingerprint density at radius 3 is 2.30 bits per heavy atom. The molecule has 2 aromatic rings. The number of carbonyl (C=O) groups is 1. The standard InChI is InChI=1S/C18H20FNO.C12H19NO3.C3H5F.CH4O/c19-16-9-7-15(8-10-16)18(21)11-6-14-12-20(13-14)17-4-2-1-3-5-17;1-4-6-11(7-5-2)16-10-12(14)13-8-9-15-3;1-3(2)4;1-2/h1-5,7-10,14,18,21H,6,11-13H2;4-7H,1,8-10H2,2-3H3,(H,13,14);1H2,2H3;2H,1H3/b;7-5-,11-6+;;. The van der Waals surface area contributed by atoms with Gasteiger partial charge in [0.1, 0.15) is 11.6 Å². The number of halogens is 2. The van der Waals surface area contributed by atoms with Crippen molar-refractivity contribution in [2.45, 2.75) is 32.8 Å². The van der Waals surface area contributed by atoms with Crippen LogP contribution >= 0.6 is 0 Å². The van der Waals surface area contributed by atoms with Gasteiger partial charge < -0.3 is 29.9 Å². The molecule has 2 aromatic carbocycles. The Kier molecular flexibility index (Phi) is 22.6. The number of para-hydroxylation sites is 1. The Bertz CT molecular complexity index is 1080. The molecule has 0 saturated carbocycles. The fourth-order valence-electron chi connectivity index (χ4n) is 3.77. The molecule has 0 radical (unpaired) electrons. The fraction of sp³-hybridized carbons (Fsp3) is 0.382. The molecule has 1 amide bonds. The third kappa shape index (κ3) is 19.1. The van der Waals surface area contributed by atoms with Gasteiger partial charge in [0.25, 0.3) is 5.91 Å². The van der Waals surface area contributed by atoms with Crippen LogP contribution in [0.2, 0.25) is 0 Å². The molecule has 1 atom stereocenters. The zero-order chi connectivity index (χ0) is 32.5. The van der Waals surface area contributed by atoms with E-state index in [4.69, 9.17) is 14.6 Å². The lowest BCUT2D eigenvalue weighted by atomic mass is 9.91. The number of anilines is 1. The summed E-state index contributed by atoms with van der Waals surface area (Å²) in [6.45, 7) is 12.7. The van der Waals surface area contributed by atoms with Crippen LogP contribution in [0.25, 0.3) is 0 Å². The highest BCUT2D eigenvalue weighted by Crippen LogP contribution is 2.29. The van der Waals surface area contributed by atoms with Crippen LogP contribution in [0.4, 0.5) is 14.5 Å². The van der Waals surface area contributed by atoms with E-state index < -0.39 is 6.10 Å². The Hall–Kier alpha value is -3.79. The Morgan fingerprint density at radius 1 is 1.16 bits per heavy atom. The van der Waals surface area contributed by atoms with Gasteiger partial charge in [0.05, 0.1) is 18.5 Å². The summed E-state index contributed by atoms with van der Waals surface area (Å²) in [5.74, 6) is 0.486. The first-order valence-electron chi connectivity index (χ1n) is 14.0. The van der Waals surface area contributed by atoms with Crippen molar-refractivity contribution in [3.05, 3.63) is 115 Å². The molecule has 238 valence electrons. The van der Waals surface area contributed by atoms with Crippen molar-refractivity contribution in [2.75, 3.05) is 52.0 Å². The second kappa shape index (κ2) is 24.8. The number of rotatable bonds is 13. The molecular weight excluding hydrogens is 554 g/mol. The zero-order valence-corrected chi connectivity index (χ0v) is 25.8. The average Bonchev–Trinajstić information content (AvgIpc) is 2.97. The van der Waals surface area contributed by atoms with Gasteiger partial charge >= 0.3 is 0 Å². The van der Waals surface area contributed by atoms with E-state index in [1.807, 2.05) is 19.1 Å². The molecule has 7 nitrogen and oxygen atoms in total. The van der Waals surface area contributed by atoms with Gasteiger partial charge in [0.15, 0.2) is 6.61 Å². The van der Waals surface area contributed by atoms with E-state index in [-0.39, 0.29) is 24.2 Å². The minimum atomic E-state index is -0.489. The van der Waals surface area contributed by atoms with Crippen molar-refractivity contribution in [1.82, 2.24) is 5.32 Å². The van der Waals surface area contributed by atoms with Crippen LogP contribution in [0.5, 0.6) is 0 Å². The number of carbonyl (C=O) groups excluding carboxylic acids is 1. The molecule has 0 spiro atoms. The molecule has 1 heterocycles. The minimum Gasteiger partial charge on any atom is -0.484 e. The van der Waals surface area contributed by atoms with E-state index >= 15 is 0 Å². The number of benzene rings is 2. The Balaban J connectivity index is 0.000000715. The zero-order valence-electron chi connectivity index (χ0n) is 25.8. The fourth-order valence-corrected chi connectivity index (χ4v) is 3.77. The number of methoxy groups -OCH3 is 1. The highest BCUT2D eigenvalue weighted by atomic mass is 19.1. The summed E-state index contributed by atoms with van der Waals surface area (Å²) < 4.78 is 33.7. The molecule has 3 rings (SSSR count). The van der Waals surface area contributed by atoms with Crippen molar-refractivity contribution in [2.24, 2.45) is 5.92 Å².